The molecule has 1 unspecified atom stereocenters. The summed E-state index contributed by atoms with van der Waals surface area (Å²) >= 11 is 1.41. The molecule has 1 aromatic carbocycles. The molecule has 0 bridgehead atoms. The third-order valence-corrected chi connectivity index (χ3v) is 6.79. The topological polar surface area (TPSA) is 76.1 Å². The molecule has 2 aromatic rings. The number of hydrogen-bond donors (Lipinski definition) is 1. The Hall–Kier alpha value is -1.73. The number of sulfone groups is 1. The first-order valence-electron chi connectivity index (χ1n) is 7.91. The van der Waals surface area contributed by atoms with Crippen LogP contribution in [0, 0.1) is 0 Å². The molecule has 7 heteroatoms. The van der Waals surface area contributed by atoms with E-state index in [0.29, 0.717) is 18.0 Å². The maximum absolute atomic E-state index is 12.2. The molecule has 1 fully saturated rings. The van der Waals surface area contributed by atoms with Crippen molar-refractivity contribution in [1.29, 1.82) is 0 Å². The van der Waals surface area contributed by atoms with Crippen LogP contribution in [0.25, 0.3) is 10.6 Å². The Morgan fingerprint density at radius 2 is 2.00 bits per heavy atom. The van der Waals surface area contributed by atoms with Crippen LogP contribution >= 0.6 is 11.3 Å². The van der Waals surface area contributed by atoms with E-state index in [2.05, 4.69) is 36.3 Å². The van der Waals surface area contributed by atoms with Gasteiger partial charge in [0.2, 0.25) is 0 Å². The van der Waals surface area contributed by atoms with Crippen molar-refractivity contribution >= 4 is 27.1 Å². The molecule has 3 rings (SSSR count). The highest BCUT2D eigenvalue weighted by molar-refractivity contribution is 7.91. The first-order chi connectivity index (χ1) is 11.3. The number of nitrogens with zero attached hydrogens (tertiary/aromatic N) is 1. The quantitative estimate of drug-likeness (QED) is 0.905. The van der Waals surface area contributed by atoms with Crippen LogP contribution in [-0.2, 0) is 9.84 Å². The van der Waals surface area contributed by atoms with Crippen LogP contribution in [0.3, 0.4) is 0 Å². The van der Waals surface area contributed by atoms with Crippen molar-refractivity contribution in [3.05, 3.63) is 40.9 Å². The third kappa shape index (κ3) is 3.84. The number of aromatic nitrogens is 1. The number of hydrogen-bond acceptors (Lipinski definition) is 5. The zero-order valence-electron chi connectivity index (χ0n) is 13.7. The third-order valence-electron chi connectivity index (χ3n) is 4.13. The fourth-order valence-corrected chi connectivity index (χ4v) is 5.17. The van der Waals surface area contributed by atoms with Gasteiger partial charge < -0.3 is 5.32 Å². The van der Waals surface area contributed by atoms with Gasteiger partial charge in [0.05, 0.1) is 11.5 Å². The van der Waals surface area contributed by atoms with Gasteiger partial charge in [-0.2, -0.15) is 0 Å². The molecule has 1 atom stereocenters. The molecule has 1 N–H and O–H groups in total. The van der Waals surface area contributed by atoms with Crippen molar-refractivity contribution in [3.63, 3.8) is 0 Å². The highest BCUT2D eigenvalue weighted by atomic mass is 32.2. The second-order valence-corrected chi connectivity index (χ2v) is 9.47. The molecule has 0 radical (unpaired) electrons. The van der Waals surface area contributed by atoms with Gasteiger partial charge in [-0.25, -0.2) is 13.4 Å². The summed E-state index contributed by atoms with van der Waals surface area (Å²) in [5.41, 5.74) is 2.58. The molecule has 0 spiro atoms. The number of thiazole rings is 1. The summed E-state index contributed by atoms with van der Waals surface area (Å²) in [5, 5.41) is 5.27. The van der Waals surface area contributed by atoms with Crippen LogP contribution in [0.4, 0.5) is 0 Å². The SMILES string of the molecule is CC(C)c1ccc(-c2nc(C(=O)NC3CCS(=O)(=O)C3)cs2)cc1. The first kappa shape index (κ1) is 17.1. The van der Waals surface area contributed by atoms with E-state index in [4.69, 9.17) is 0 Å². The van der Waals surface area contributed by atoms with Gasteiger partial charge in [-0.15, -0.1) is 11.3 Å². The summed E-state index contributed by atoms with van der Waals surface area (Å²) in [5.74, 6) is 0.326. The van der Waals surface area contributed by atoms with Crippen LogP contribution < -0.4 is 5.32 Å². The Kier molecular flexibility index (Phi) is 4.73. The Morgan fingerprint density at radius 3 is 2.58 bits per heavy atom. The van der Waals surface area contributed by atoms with Gasteiger partial charge in [-0.1, -0.05) is 38.1 Å². The number of amides is 1. The molecule has 1 amide bonds. The predicted octanol–water partition coefficient (Wildman–Crippen LogP) is 2.85. The monoisotopic (exact) mass is 364 g/mol. The molecular weight excluding hydrogens is 344 g/mol. The van der Waals surface area contributed by atoms with Crippen molar-refractivity contribution in [2.45, 2.75) is 32.2 Å². The lowest BCUT2D eigenvalue weighted by atomic mass is 10.0. The molecule has 0 saturated carbocycles. The van der Waals surface area contributed by atoms with E-state index in [9.17, 15) is 13.2 Å². The Balaban J connectivity index is 1.69. The lowest BCUT2D eigenvalue weighted by molar-refractivity contribution is 0.0937. The van der Waals surface area contributed by atoms with Gasteiger partial charge in [-0.3, -0.25) is 4.79 Å². The first-order valence-corrected chi connectivity index (χ1v) is 10.6. The van der Waals surface area contributed by atoms with E-state index in [-0.39, 0.29) is 23.5 Å². The van der Waals surface area contributed by atoms with Crippen LogP contribution in [0.2, 0.25) is 0 Å². The maximum atomic E-state index is 12.2. The minimum atomic E-state index is -3.00. The van der Waals surface area contributed by atoms with E-state index in [1.54, 1.807) is 5.38 Å². The molecule has 1 aromatic heterocycles. The highest BCUT2D eigenvalue weighted by Gasteiger charge is 2.29. The zero-order chi connectivity index (χ0) is 17.3. The average molecular weight is 364 g/mol. The second-order valence-electron chi connectivity index (χ2n) is 6.39. The van der Waals surface area contributed by atoms with Gasteiger partial charge in [0.15, 0.2) is 9.84 Å². The van der Waals surface area contributed by atoms with Gasteiger partial charge in [-0.05, 0) is 17.9 Å². The van der Waals surface area contributed by atoms with E-state index >= 15 is 0 Å². The van der Waals surface area contributed by atoms with E-state index < -0.39 is 9.84 Å². The van der Waals surface area contributed by atoms with E-state index in [1.165, 1.54) is 16.9 Å². The minimum Gasteiger partial charge on any atom is -0.347 e. The molecule has 24 heavy (non-hydrogen) atoms. The van der Waals surface area contributed by atoms with Crippen molar-refractivity contribution in [2.75, 3.05) is 11.5 Å². The molecule has 1 aliphatic rings. The standard InChI is InChI=1S/C17H20N2O3S2/c1-11(2)12-3-5-13(6-4-12)17-19-15(9-23-17)16(20)18-14-7-8-24(21,22)10-14/h3-6,9,11,14H,7-8,10H2,1-2H3,(H,18,20). The van der Waals surface area contributed by atoms with Crippen molar-refractivity contribution < 1.29 is 13.2 Å². The summed E-state index contributed by atoms with van der Waals surface area (Å²) in [4.78, 5) is 16.6. The summed E-state index contributed by atoms with van der Waals surface area (Å²) in [6, 6.07) is 7.87. The number of carbonyl (C=O) groups is 1. The Morgan fingerprint density at radius 1 is 1.29 bits per heavy atom. The molecule has 1 aliphatic heterocycles. The normalized spacial score (nSPS) is 19.5. The van der Waals surface area contributed by atoms with Gasteiger partial charge in [0, 0.05) is 17.0 Å². The highest BCUT2D eigenvalue weighted by Crippen LogP contribution is 2.26. The summed E-state index contributed by atoms with van der Waals surface area (Å²) in [6.07, 6.45) is 0.474. The lowest BCUT2D eigenvalue weighted by Gasteiger charge is -2.08. The van der Waals surface area contributed by atoms with Gasteiger partial charge in [0.25, 0.3) is 5.91 Å². The summed E-state index contributed by atoms with van der Waals surface area (Å²) < 4.78 is 22.9. The van der Waals surface area contributed by atoms with E-state index in [1.807, 2.05) is 12.1 Å². The van der Waals surface area contributed by atoms with Gasteiger partial charge in [0.1, 0.15) is 10.7 Å². The molecule has 128 valence electrons. The fraction of sp³-hybridized carbons (Fsp3) is 0.412. The lowest BCUT2D eigenvalue weighted by Crippen LogP contribution is -2.35. The smallest absolute Gasteiger partial charge is 0.271 e. The maximum Gasteiger partial charge on any atom is 0.271 e. The number of nitrogens with one attached hydrogen (secondary N) is 1. The Labute approximate surface area is 146 Å². The number of benzene rings is 1. The van der Waals surface area contributed by atoms with Crippen LogP contribution in [0.5, 0.6) is 0 Å². The predicted molar refractivity (Wildman–Crippen MR) is 96.2 cm³/mol. The number of rotatable bonds is 4. The summed E-state index contributed by atoms with van der Waals surface area (Å²) in [6.45, 7) is 4.29. The van der Waals surface area contributed by atoms with Crippen LogP contribution in [-0.4, -0.2) is 36.9 Å². The van der Waals surface area contributed by atoms with Crippen LogP contribution in [0.1, 0.15) is 42.2 Å². The van der Waals surface area contributed by atoms with Crippen molar-refractivity contribution in [2.24, 2.45) is 0 Å². The van der Waals surface area contributed by atoms with Crippen molar-refractivity contribution in [3.8, 4) is 10.6 Å². The second kappa shape index (κ2) is 6.64. The molecule has 2 heterocycles. The molecular formula is C17H20N2O3S2. The largest absolute Gasteiger partial charge is 0.347 e. The molecule has 0 aliphatic carbocycles. The summed E-state index contributed by atoms with van der Waals surface area (Å²) in [7, 11) is -3.00. The minimum absolute atomic E-state index is 0.0202. The fourth-order valence-electron chi connectivity index (χ4n) is 2.69. The average Bonchev–Trinajstić information content (AvgIpc) is 3.14. The van der Waals surface area contributed by atoms with E-state index in [0.717, 1.165) is 10.6 Å². The van der Waals surface area contributed by atoms with Crippen LogP contribution in [0.15, 0.2) is 29.6 Å². The number of carbonyl (C=O) groups excluding carboxylic acids is 1. The molecule has 5 nitrogen and oxygen atoms in total. The van der Waals surface area contributed by atoms with Gasteiger partial charge >= 0.3 is 0 Å². The zero-order valence-corrected chi connectivity index (χ0v) is 15.3. The molecule has 1 saturated heterocycles. The Bertz CT molecular complexity index is 839. The van der Waals surface area contributed by atoms with Crippen molar-refractivity contribution in [1.82, 2.24) is 10.3 Å².